The Morgan fingerprint density at radius 1 is 1.45 bits per heavy atom. The third-order valence-corrected chi connectivity index (χ3v) is 4.74. The molecule has 2 N–H and O–H groups in total. The van der Waals surface area contributed by atoms with Gasteiger partial charge in [0.1, 0.15) is 0 Å². The van der Waals surface area contributed by atoms with E-state index in [1.807, 2.05) is 0 Å². The average molecular weight is 445 g/mol. The maximum absolute atomic E-state index is 12.0. The molecule has 0 aromatic heterocycles. The minimum absolute atomic E-state index is 0.155. The van der Waals surface area contributed by atoms with E-state index < -0.39 is 40.1 Å². The van der Waals surface area contributed by atoms with Gasteiger partial charge in [-0.15, -0.1) is 0 Å². The molecule has 0 bridgehead atoms. The van der Waals surface area contributed by atoms with E-state index in [-0.39, 0.29) is 22.6 Å². The predicted octanol–water partition coefficient (Wildman–Crippen LogP) is -0.352. The summed E-state index contributed by atoms with van der Waals surface area (Å²) in [5, 5.41) is 20.4. The van der Waals surface area contributed by atoms with Crippen LogP contribution in [0.25, 0.3) is 0 Å². The Kier molecular flexibility index (Phi) is 6.28. The van der Waals surface area contributed by atoms with Crippen molar-refractivity contribution in [2.75, 3.05) is 6.54 Å². The zero-order valence-corrected chi connectivity index (χ0v) is 13.0. The number of halogens is 6. The van der Waals surface area contributed by atoms with Crippen molar-refractivity contribution in [2.24, 2.45) is 0 Å². The van der Waals surface area contributed by atoms with Gasteiger partial charge in [0.2, 0.25) is 0 Å². The van der Waals surface area contributed by atoms with Crippen LogP contribution in [0.2, 0.25) is 10.0 Å². The Bertz CT molecular complexity index is 514. The second-order valence-corrected chi connectivity index (χ2v) is 6.58. The summed E-state index contributed by atoms with van der Waals surface area (Å²) >= 11 is 9.94. The molecule has 1 rings (SSSR count). The van der Waals surface area contributed by atoms with Gasteiger partial charge in [0.25, 0.3) is 0 Å². The van der Waals surface area contributed by atoms with Gasteiger partial charge in [0.15, 0.2) is 0 Å². The van der Waals surface area contributed by atoms with Crippen molar-refractivity contribution in [2.45, 2.75) is 6.18 Å². The average Bonchev–Trinajstić information content (AvgIpc) is 2.29. The van der Waals surface area contributed by atoms with Crippen molar-refractivity contribution in [3.05, 3.63) is 36.5 Å². The van der Waals surface area contributed by atoms with Crippen LogP contribution in [0.5, 0.6) is 0 Å². The molecule has 114 valence electrons. The molecule has 1 aromatic rings. The first-order valence-electron chi connectivity index (χ1n) is 4.76. The van der Waals surface area contributed by atoms with Crippen molar-refractivity contribution in [3.8, 4) is 0 Å². The molecule has 0 aliphatic heterocycles. The quantitative estimate of drug-likeness (QED) is 0.288. The number of carbonyl (C=O) groups is 1. The van der Waals surface area contributed by atoms with Crippen LogP contribution in [-0.4, -0.2) is 27.3 Å². The van der Waals surface area contributed by atoms with Gasteiger partial charge in [-0.05, 0) is 0 Å². The van der Waals surface area contributed by atoms with E-state index >= 15 is 0 Å². The Balaban J connectivity index is 3.01. The Morgan fingerprint density at radius 2 is 2.05 bits per heavy atom. The van der Waals surface area contributed by atoms with E-state index in [9.17, 15) is 23.2 Å². The number of nitrogens with zero attached hydrogens (tertiary/aromatic N) is 1. The Hall–Kier alpha value is -0.330. The van der Waals surface area contributed by atoms with Crippen LogP contribution in [0.4, 0.5) is 13.2 Å². The molecule has 0 atom stereocenters. The van der Waals surface area contributed by atoms with Gasteiger partial charge in [-0.1, -0.05) is 0 Å². The van der Waals surface area contributed by atoms with Crippen molar-refractivity contribution < 1.29 is 44.7 Å². The summed E-state index contributed by atoms with van der Waals surface area (Å²) in [5.41, 5.74) is -0.364. The summed E-state index contributed by atoms with van der Waals surface area (Å²) < 4.78 is 35.9. The SMILES string of the molecule is O=C(NCC(F)(F)F)c1c(Cl)ccc([I-]N([O-])O)c1Cl. The van der Waals surface area contributed by atoms with Crippen LogP contribution in [0.3, 0.4) is 0 Å². The second-order valence-electron chi connectivity index (χ2n) is 3.33. The van der Waals surface area contributed by atoms with Gasteiger partial charge in [-0.25, -0.2) is 0 Å². The molecule has 0 heterocycles. The second kappa shape index (κ2) is 7.09. The van der Waals surface area contributed by atoms with Gasteiger partial charge in [0.05, 0.1) is 0 Å². The number of nitrogens with one attached hydrogen (secondary N) is 1. The first-order chi connectivity index (χ1) is 9.11. The molecule has 5 nitrogen and oxygen atoms in total. The fourth-order valence-corrected chi connectivity index (χ4v) is 3.17. The van der Waals surface area contributed by atoms with E-state index in [0.29, 0.717) is 0 Å². The number of carbonyl (C=O) groups excluding carboxylic acids is 1. The molecule has 0 unspecified atom stereocenters. The number of alkyl halides is 3. The van der Waals surface area contributed by atoms with Crippen LogP contribution in [-0.2, 0) is 0 Å². The molecule has 1 aromatic carbocycles. The van der Waals surface area contributed by atoms with Crippen molar-refractivity contribution in [1.29, 1.82) is 0 Å². The number of rotatable bonds is 4. The first-order valence-corrected chi connectivity index (χ1v) is 7.56. The van der Waals surface area contributed by atoms with E-state index in [1.54, 1.807) is 5.32 Å². The van der Waals surface area contributed by atoms with Crippen LogP contribution in [0, 0.1) is 8.78 Å². The van der Waals surface area contributed by atoms with Crippen LogP contribution in [0.1, 0.15) is 10.4 Å². The fraction of sp³-hybridized carbons (Fsp3) is 0.222. The summed E-state index contributed by atoms with van der Waals surface area (Å²) in [4.78, 5) is 11.6. The van der Waals surface area contributed by atoms with Gasteiger partial charge in [-0.2, -0.15) is 0 Å². The zero-order valence-electron chi connectivity index (χ0n) is 9.34. The summed E-state index contributed by atoms with van der Waals surface area (Å²) in [6.07, 6.45) is -4.57. The van der Waals surface area contributed by atoms with Crippen molar-refractivity contribution >= 4 is 29.1 Å². The summed E-state index contributed by atoms with van der Waals surface area (Å²) in [5.74, 6) is -1.11. The molecule has 0 aliphatic carbocycles. The molecular formula is C9H6Cl2F3IN2O3-2. The van der Waals surface area contributed by atoms with Gasteiger partial charge >= 0.3 is 132 Å². The Labute approximate surface area is 131 Å². The Morgan fingerprint density at radius 3 is 2.55 bits per heavy atom. The third-order valence-electron chi connectivity index (χ3n) is 1.88. The van der Waals surface area contributed by atoms with E-state index in [4.69, 9.17) is 28.4 Å². The number of benzene rings is 1. The van der Waals surface area contributed by atoms with Crippen molar-refractivity contribution in [1.82, 2.24) is 8.76 Å². The van der Waals surface area contributed by atoms with Crippen molar-refractivity contribution in [3.63, 3.8) is 0 Å². The molecule has 0 saturated carbocycles. The summed E-state index contributed by atoms with van der Waals surface area (Å²) in [7, 11) is 0. The van der Waals surface area contributed by atoms with E-state index in [2.05, 4.69) is 0 Å². The monoisotopic (exact) mass is 444 g/mol. The predicted molar refractivity (Wildman–Crippen MR) is 60.5 cm³/mol. The van der Waals surface area contributed by atoms with Gasteiger partial charge < -0.3 is 0 Å². The zero-order chi connectivity index (χ0) is 15.5. The van der Waals surface area contributed by atoms with Gasteiger partial charge in [-0.3, -0.25) is 0 Å². The molecule has 0 spiro atoms. The number of hydrogen-bond donors (Lipinski definition) is 2. The molecule has 0 saturated heterocycles. The van der Waals surface area contributed by atoms with Crippen LogP contribution < -0.4 is 26.8 Å². The van der Waals surface area contributed by atoms with Crippen LogP contribution >= 0.6 is 23.2 Å². The van der Waals surface area contributed by atoms with E-state index in [1.165, 1.54) is 12.1 Å². The molecule has 20 heavy (non-hydrogen) atoms. The van der Waals surface area contributed by atoms with E-state index in [0.717, 1.165) is 0 Å². The fourth-order valence-electron chi connectivity index (χ4n) is 1.15. The molecule has 0 fully saturated rings. The normalized spacial score (nSPS) is 12.0. The first kappa shape index (κ1) is 17.7. The molecular weight excluding hydrogens is 439 g/mol. The summed E-state index contributed by atoms with van der Waals surface area (Å²) in [6, 6.07) is 2.54. The maximum atomic E-state index is 12.0. The standard InChI is InChI=1S/C9H6Cl2F3IN2O3/c10-4-1-2-5(15-17(19)20)7(11)6(4)8(18)16-3-9(12,13)14/h1-2,19H,3H2,(H,16,18)/q-2. The molecule has 11 heteroatoms. The third kappa shape index (κ3) is 5.22. The topological polar surface area (TPSA) is 75.6 Å². The minimum atomic E-state index is -4.57. The summed E-state index contributed by atoms with van der Waals surface area (Å²) in [6.45, 7) is -1.54. The number of hydrogen-bond acceptors (Lipinski definition) is 4. The molecule has 1 amide bonds. The van der Waals surface area contributed by atoms with Crippen LogP contribution in [0.15, 0.2) is 12.1 Å². The van der Waals surface area contributed by atoms with Gasteiger partial charge in [0, 0.05) is 0 Å². The molecule has 0 aliphatic rings. The number of amides is 1. The molecule has 0 radical (unpaired) electrons.